The van der Waals surface area contributed by atoms with Gasteiger partial charge in [-0.25, -0.2) is 4.39 Å². The summed E-state index contributed by atoms with van der Waals surface area (Å²) in [4.78, 5) is 14.6. The molecule has 3 N–H and O–H groups in total. The Balaban J connectivity index is 2.46. The number of pyridine rings is 1. The Morgan fingerprint density at radius 1 is 1.47 bits per heavy atom. The van der Waals surface area contributed by atoms with Gasteiger partial charge in [-0.15, -0.1) is 0 Å². The summed E-state index contributed by atoms with van der Waals surface area (Å²) in [5.41, 5.74) is 6.65. The first-order valence-electron chi connectivity index (χ1n) is 5.90. The fourth-order valence-electron chi connectivity index (χ4n) is 1.80. The molecule has 0 bridgehead atoms. The Bertz CT molecular complexity index is 677. The standard InChI is InChI=1S/C14H15FN2O2/c1-9-13(19-8-10(6-15)7-16)11-4-2-3-5-12(11)17-14(9)18/h2-6H,7-8,16H2,1H3,(H,17,18)/b10-6+. The van der Waals surface area contributed by atoms with Crippen LogP contribution in [0.2, 0.25) is 0 Å². The smallest absolute Gasteiger partial charge is 0.255 e. The van der Waals surface area contributed by atoms with E-state index in [1.807, 2.05) is 18.2 Å². The van der Waals surface area contributed by atoms with E-state index in [0.29, 0.717) is 28.7 Å². The van der Waals surface area contributed by atoms with Crippen LogP contribution in [0.15, 0.2) is 41.0 Å². The average molecular weight is 262 g/mol. The molecular weight excluding hydrogens is 247 g/mol. The van der Waals surface area contributed by atoms with Gasteiger partial charge in [0.05, 0.1) is 17.4 Å². The minimum atomic E-state index is -0.216. The molecule has 0 aliphatic rings. The molecular formula is C14H15FN2O2. The highest BCUT2D eigenvalue weighted by Crippen LogP contribution is 2.25. The van der Waals surface area contributed by atoms with E-state index in [4.69, 9.17) is 10.5 Å². The van der Waals surface area contributed by atoms with Crippen LogP contribution >= 0.6 is 0 Å². The lowest BCUT2D eigenvalue weighted by molar-refractivity contribution is 0.348. The van der Waals surface area contributed by atoms with Gasteiger partial charge in [0, 0.05) is 17.5 Å². The first-order chi connectivity index (χ1) is 9.17. The van der Waals surface area contributed by atoms with Gasteiger partial charge in [-0.3, -0.25) is 4.79 Å². The fourth-order valence-corrected chi connectivity index (χ4v) is 1.80. The molecule has 1 heterocycles. The van der Waals surface area contributed by atoms with E-state index in [1.54, 1.807) is 13.0 Å². The van der Waals surface area contributed by atoms with Crippen LogP contribution in [0.1, 0.15) is 5.56 Å². The van der Waals surface area contributed by atoms with Crippen LogP contribution in [0, 0.1) is 6.92 Å². The Hall–Kier alpha value is -2.14. The molecule has 0 aliphatic heterocycles. The number of fused-ring (bicyclic) bond motifs is 1. The van der Waals surface area contributed by atoms with Gasteiger partial charge in [0.25, 0.3) is 5.56 Å². The third-order valence-corrected chi connectivity index (χ3v) is 2.92. The van der Waals surface area contributed by atoms with Gasteiger partial charge in [0.2, 0.25) is 0 Å². The van der Waals surface area contributed by atoms with Crippen molar-refractivity contribution in [1.82, 2.24) is 4.98 Å². The lowest BCUT2D eigenvalue weighted by atomic mass is 10.1. The number of rotatable bonds is 4. The van der Waals surface area contributed by atoms with E-state index < -0.39 is 0 Å². The third-order valence-electron chi connectivity index (χ3n) is 2.92. The summed E-state index contributed by atoms with van der Waals surface area (Å²) in [5, 5.41) is 0.787. The first-order valence-corrected chi connectivity index (χ1v) is 5.90. The Kier molecular flexibility index (Phi) is 3.97. The Morgan fingerprint density at radius 3 is 2.89 bits per heavy atom. The lowest BCUT2D eigenvalue weighted by Gasteiger charge is -2.12. The van der Waals surface area contributed by atoms with E-state index >= 15 is 0 Å². The summed E-state index contributed by atoms with van der Waals surface area (Å²) >= 11 is 0. The summed E-state index contributed by atoms with van der Waals surface area (Å²) in [6.45, 7) is 1.78. The van der Waals surface area contributed by atoms with Gasteiger partial charge in [0.1, 0.15) is 12.4 Å². The van der Waals surface area contributed by atoms with Crippen molar-refractivity contribution in [2.75, 3.05) is 13.2 Å². The summed E-state index contributed by atoms with van der Waals surface area (Å²) in [5.74, 6) is 0.465. The van der Waals surface area contributed by atoms with Crippen molar-refractivity contribution in [2.45, 2.75) is 6.92 Å². The highest BCUT2D eigenvalue weighted by atomic mass is 19.1. The predicted octanol–water partition coefficient (Wildman–Crippen LogP) is 2.03. The third kappa shape index (κ3) is 2.66. The van der Waals surface area contributed by atoms with Crippen LogP contribution in [0.3, 0.4) is 0 Å². The Morgan fingerprint density at radius 2 is 2.21 bits per heavy atom. The number of halogens is 1. The molecule has 0 saturated heterocycles. The zero-order valence-corrected chi connectivity index (χ0v) is 10.6. The van der Waals surface area contributed by atoms with Crippen LogP contribution < -0.4 is 16.0 Å². The van der Waals surface area contributed by atoms with E-state index in [0.717, 1.165) is 5.39 Å². The van der Waals surface area contributed by atoms with Gasteiger partial charge < -0.3 is 15.5 Å². The normalized spacial score (nSPS) is 11.8. The summed E-state index contributed by atoms with van der Waals surface area (Å²) in [6.07, 6.45) is 0.435. The average Bonchev–Trinajstić information content (AvgIpc) is 2.43. The molecule has 0 unspecified atom stereocenters. The monoisotopic (exact) mass is 262 g/mol. The zero-order valence-electron chi connectivity index (χ0n) is 10.6. The molecule has 0 atom stereocenters. The predicted molar refractivity (Wildman–Crippen MR) is 73.0 cm³/mol. The SMILES string of the molecule is Cc1c(OC/C(=C/F)CN)c2ccccc2[nH]c1=O. The maximum absolute atomic E-state index is 12.5. The molecule has 4 nitrogen and oxygen atoms in total. The number of aromatic nitrogens is 1. The molecule has 2 aromatic rings. The molecule has 5 heteroatoms. The number of hydrogen-bond acceptors (Lipinski definition) is 3. The van der Waals surface area contributed by atoms with Gasteiger partial charge in [-0.1, -0.05) is 12.1 Å². The van der Waals surface area contributed by atoms with E-state index in [9.17, 15) is 9.18 Å². The molecule has 1 aromatic heterocycles. The molecule has 0 amide bonds. The molecule has 19 heavy (non-hydrogen) atoms. The molecule has 0 fully saturated rings. The first kappa shape index (κ1) is 13.3. The quantitative estimate of drug-likeness (QED) is 0.885. The highest BCUT2D eigenvalue weighted by molar-refractivity contribution is 5.85. The maximum atomic E-state index is 12.5. The van der Waals surface area contributed by atoms with Crippen molar-refractivity contribution in [3.63, 3.8) is 0 Å². The topological polar surface area (TPSA) is 68.1 Å². The van der Waals surface area contributed by atoms with Gasteiger partial charge >= 0.3 is 0 Å². The van der Waals surface area contributed by atoms with Crippen molar-refractivity contribution < 1.29 is 9.13 Å². The highest BCUT2D eigenvalue weighted by Gasteiger charge is 2.10. The second kappa shape index (κ2) is 5.67. The largest absolute Gasteiger partial charge is 0.488 e. The number of nitrogens with two attached hydrogens (primary N) is 1. The van der Waals surface area contributed by atoms with Crippen LogP contribution in [0.4, 0.5) is 4.39 Å². The Labute approximate surface area is 109 Å². The van der Waals surface area contributed by atoms with Crippen LogP contribution in [-0.2, 0) is 0 Å². The number of benzene rings is 1. The zero-order chi connectivity index (χ0) is 13.8. The number of hydrogen-bond donors (Lipinski definition) is 2. The number of ether oxygens (including phenoxy) is 1. The lowest BCUT2D eigenvalue weighted by Crippen LogP contribution is -2.15. The van der Waals surface area contributed by atoms with Crippen LogP contribution in [-0.4, -0.2) is 18.1 Å². The number of para-hydroxylation sites is 1. The van der Waals surface area contributed by atoms with Crippen molar-refractivity contribution in [1.29, 1.82) is 0 Å². The maximum Gasteiger partial charge on any atom is 0.255 e. The van der Waals surface area contributed by atoms with E-state index in [1.165, 1.54) is 0 Å². The van der Waals surface area contributed by atoms with Gasteiger partial charge in [-0.05, 0) is 19.1 Å². The number of nitrogens with one attached hydrogen (secondary N) is 1. The van der Waals surface area contributed by atoms with E-state index in [2.05, 4.69) is 4.98 Å². The van der Waals surface area contributed by atoms with E-state index in [-0.39, 0.29) is 18.7 Å². The second-order valence-corrected chi connectivity index (χ2v) is 4.21. The minimum Gasteiger partial charge on any atom is -0.488 e. The van der Waals surface area contributed by atoms with Crippen molar-refractivity contribution in [3.05, 3.63) is 52.1 Å². The molecule has 1 aromatic carbocycles. The molecule has 0 saturated carbocycles. The summed E-state index contributed by atoms with van der Waals surface area (Å²) in [6, 6.07) is 7.30. The molecule has 100 valence electrons. The molecule has 0 spiro atoms. The summed E-state index contributed by atoms with van der Waals surface area (Å²) in [7, 11) is 0. The number of H-pyrrole nitrogens is 1. The van der Waals surface area contributed by atoms with Crippen LogP contribution in [0.25, 0.3) is 10.9 Å². The van der Waals surface area contributed by atoms with Crippen LogP contribution in [0.5, 0.6) is 5.75 Å². The molecule has 0 radical (unpaired) electrons. The fraction of sp³-hybridized carbons (Fsp3) is 0.214. The summed E-state index contributed by atoms with van der Waals surface area (Å²) < 4.78 is 18.0. The molecule has 2 rings (SSSR count). The van der Waals surface area contributed by atoms with Crippen molar-refractivity contribution in [2.24, 2.45) is 5.73 Å². The van der Waals surface area contributed by atoms with Gasteiger partial charge in [0.15, 0.2) is 0 Å². The second-order valence-electron chi connectivity index (χ2n) is 4.21. The minimum absolute atomic E-state index is 0.0291. The molecule has 0 aliphatic carbocycles. The van der Waals surface area contributed by atoms with Crippen molar-refractivity contribution >= 4 is 10.9 Å². The van der Waals surface area contributed by atoms with Gasteiger partial charge in [-0.2, -0.15) is 0 Å². The van der Waals surface area contributed by atoms with Crippen molar-refractivity contribution in [3.8, 4) is 5.75 Å². The number of aromatic amines is 1.